The lowest BCUT2D eigenvalue weighted by Crippen LogP contribution is -2.49. The molecule has 1 aliphatic heterocycles. The summed E-state index contributed by atoms with van der Waals surface area (Å²) in [5.41, 5.74) is 1.25. The number of hydrogen-bond donors (Lipinski definition) is 0. The molecule has 2 rings (SSSR count). The molecule has 0 spiro atoms. The first-order valence-corrected chi connectivity index (χ1v) is 6.83. The summed E-state index contributed by atoms with van der Waals surface area (Å²) >= 11 is 0. The average molecular weight is 259 g/mol. The Bertz CT molecular complexity index is 416. The Kier molecular flexibility index (Phi) is 5.16. The molecule has 0 saturated carbocycles. The Morgan fingerprint density at radius 2 is 2.21 bits per heavy atom. The van der Waals surface area contributed by atoms with Crippen molar-refractivity contribution >= 4 is 5.91 Å². The highest BCUT2D eigenvalue weighted by Gasteiger charge is 2.26. The molecule has 1 amide bonds. The van der Waals surface area contributed by atoms with E-state index in [0.29, 0.717) is 26.2 Å². The Morgan fingerprint density at radius 1 is 1.42 bits per heavy atom. The Hall–Kier alpha value is -1.61. The maximum Gasteiger partial charge on any atom is 0.223 e. The van der Waals surface area contributed by atoms with Crippen molar-refractivity contribution < 1.29 is 9.53 Å². The Labute approximate surface area is 114 Å². The summed E-state index contributed by atoms with van der Waals surface area (Å²) in [6.45, 7) is 5.65. The summed E-state index contributed by atoms with van der Waals surface area (Å²) in [4.78, 5) is 14.2. The van der Waals surface area contributed by atoms with Gasteiger partial charge in [-0.05, 0) is 18.4 Å². The van der Waals surface area contributed by atoms with E-state index in [1.165, 1.54) is 5.56 Å². The Morgan fingerprint density at radius 3 is 2.95 bits per heavy atom. The quantitative estimate of drug-likeness (QED) is 0.760. The number of rotatable bonds is 5. The summed E-state index contributed by atoms with van der Waals surface area (Å²) in [6, 6.07) is 10.4. The SMILES string of the molecule is C=CCCC(=O)N1CCOCC1Cc1ccccc1. The molecule has 0 aliphatic carbocycles. The zero-order chi connectivity index (χ0) is 13.5. The molecule has 19 heavy (non-hydrogen) atoms. The van der Waals surface area contributed by atoms with E-state index in [0.717, 1.165) is 12.8 Å². The lowest BCUT2D eigenvalue weighted by Gasteiger charge is -2.36. The molecular weight excluding hydrogens is 238 g/mol. The van der Waals surface area contributed by atoms with E-state index in [1.54, 1.807) is 6.08 Å². The molecule has 1 fully saturated rings. The second kappa shape index (κ2) is 7.10. The minimum Gasteiger partial charge on any atom is -0.377 e. The van der Waals surface area contributed by atoms with Crippen LogP contribution in [0.1, 0.15) is 18.4 Å². The summed E-state index contributed by atoms with van der Waals surface area (Å²) in [7, 11) is 0. The minimum absolute atomic E-state index is 0.161. The molecule has 0 bridgehead atoms. The zero-order valence-corrected chi connectivity index (χ0v) is 11.3. The van der Waals surface area contributed by atoms with Crippen LogP contribution >= 0.6 is 0 Å². The minimum atomic E-state index is 0.161. The van der Waals surface area contributed by atoms with Crippen molar-refractivity contribution in [3.8, 4) is 0 Å². The van der Waals surface area contributed by atoms with Gasteiger partial charge in [-0.2, -0.15) is 0 Å². The van der Waals surface area contributed by atoms with Gasteiger partial charge in [0.1, 0.15) is 0 Å². The van der Waals surface area contributed by atoms with Crippen molar-refractivity contribution in [2.24, 2.45) is 0 Å². The lowest BCUT2D eigenvalue weighted by molar-refractivity contribution is -0.139. The number of amides is 1. The normalized spacial score (nSPS) is 19.2. The van der Waals surface area contributed by atoms with E-state index >= 15 is 0 Å². The van der Waals surface area contributed by atoms with E-state index in [2.05, 4.69) is 18.7 Å². The molecule has 0 radical (unpaired) electrons. The van der Waals surface area contributed by atoms with Crippen LogP contribution in [0.25, 0.3) is 0 Å². The molecule has 0 N–H and O–H groups in total. The van der Waals surface area contributed by atoms with Crippen LogP contribution in [0.4, 0.5) is 0 Å². The second-order valence-electron chi connectivity index (χ2n) is 4.83. The van der Waals surface area contributed by atoms with Gasteiger partial charge in [0.05, 0.1) is 19.3 Å². The number of hydrogen-bond acceptors (Lipinski definition) is 2. The van der Waals surface area contributed by atoms with Gasteiger partial charge in [0.2, 0.25) is 5.91 Å². The fraction of sp³-hybridized carbons (Fsp3) is 0.438. The van der Waals surface area contributed by atoms with Gasteiger partial charge in [0, 0.05) is 13.0 Å². The van der Waals surface area contributed by atoms with E-state index in [-0.39, 0.29) is 11.9 Å². The number of ether oxygens (including phenoxy) is 1. The molecule has 3 nitrogen and oxygen atoms in total. The first-order valence-electron chi connectivity index (χ1n) is 6.83. The van der Waals surface area contributed by atoms with Crippen molar-refractivity contribution in [2.45, 2.75) is 25.3 Å². The number of carbonyl (C=O) groups is 1. The van der Waals surface area contributed by atoms with E-state index in [4.69, 9.17) is 4.74 Å². The third-order valence-electron chi connectivity index (χ3n) is 3.42. The van der Waals surface area contributed by atoms with Gasteiger partial charge in [-0.15, -0.1) is 6.58 Å². The van der Waals surface area contributed by atoms with Crippen molar-refractivity contribution in [3.63, 3.8) is 0 Å². The molecule has 1 aromatic carbocycles. The first-order chi connectivity index (χ1) is 9.31. The highest BCUT2D eigenvalue weighted by molar-refractivity contribution is 5.76. The second-order valence-corrected chi connectivity index (χ2v) is 4.83. The molecule has 1 unspecified atom stereocenters. The van der Waals surface area contributed by atoms with E-state index < -0.39 is 0 Å². The maximum atomic E-state index is 12.2. The lowest BCUT2D eigenvalue weighted by atomic mass is 10.0. The molecule has 0 aromatic heterocycles. The molecule has 1 aromatic rings. The predicted molar refractivity (Wildman–Crippen MR) is 75.9 cm³/mol. The summed E-state index contributed by atoms with van der Waals surface area (Å²) < 4.78 is 5.53. The summed E-state index contributed by atoms with van der Waals surface area (Å²) in [5.74, 6) is 0.212. The van der Waals surface area contributed by atoms with Crippen molar-refractivity contribution in [1.29, 1.82) is 0 Å². The van der Waals surface area contributed by atoms with Crippen molar-refractivity contribution in [3.05, 3.63) is 48.6 Å². The standard InChI is InChI=1S/C16H21NO2/c1-2-3-9-16(18)17-10-11-19-13-15(17)12-14-7-5-4-6-8-14/h2,4-8,15H,1,3,9-13H2. The third kappa shape index (κ3) is 3.93. The zero-order valence-electron chi connectivity index (χ0n) is 11.3. The average Bonchev–Trinajstić information content (AvgIpc) is 2.46. The number of allylic oxidation sites excluding steroid dienone is 1. The number of carbonyl (C=O) groups excluding carboxylic acids is 1. The fourth-order valence-corrected chi connectivity index (χ4v) is 2.41. The fourth-order valence-electron chi connectivity index (χ4n) is 2.41. The van der Waals surface area contributed by atoms with Gasteiger partial charge >= 0.3 is 0 Å². The molecule has 1 heterocycles. The van der Waals surface area contributed by atoms with Crippen molar-refractivity contribution in [2.75, 3.05) is 19.8 Å². The number of benzene rings is 1. The Balaban J connectivity index is 1.99. The smallest absolute Gasteiger partial charge is 0.223 e. The van der Waals surface area contributed by atoms with Crippen LogP contribution in [0, 0.1) is 0 Å². The van der Waals surface area contributed by atoms with Gasteiger partial charge in [-0.1, -0.05) is 36.4 Å². The number of nitrogens with zero attached hydrogens (tertiary/aromatic N) is 1. The van der Waals surface area contributed by atoms with Gasteiger partial charge < -0.3 is 9.64 Å². The van der Waals surface area contributed by atoms with Crippen LogP contribution in [0.3, 0.4) is 0 Å². The topological polar surface area (TPSA) is 29.5 Å². The van der Waals surface area contributed by atoms with Crippen molar-refractivity contribution in [1.82, 2.24) is 4.90 Å². The van der Waals surface area contributed by atoms with Crippen LogP contribution in [0.2, 0.25) is 0 Å². The predicted octanol–water partition coefficient (Wildman–Crippen LogP) is 2.42. The molecule has 1 aliphatic rings. The van der Waals surface area contributed by atoms with Crippen LogP contribution in [-0.2, 0) is 16.0 Å². The van der Waals surface area contributed by atoms with Crippen LogP contribution in [0.15, 0.2) is 43.0 Å². The molecular formula is C16H21NO2. The first kappa shape index (κ1) is 13.8. The molecule has 1 atom stereocenters. The van der Waals surface area contributed by atoms with Crippen LogP contribution < -0.4 is 0 Å². The summed E-state index contributed by atoms with van der Waals surface area (Å²) in [5, 5.41) is 0. The largest absolute Gasteiger partial charge is 0.377 e. The molecule has 1 saturated heterocycles. The van der Waals surface area contributed by atoms with Crippen LogP contribution in [0.5, 0.6) is 0 Å². The van der Waals surface area contributed by atoms with Crippen LogP contribution in [-0.4, -0.2) is 36.6 Å². The third-order valence-corrected chi connectivity index (χ3v) is 3.42. The molecule has 102 valence electrons. The van der Waals surface area contributed by atoms with Gasteiger partial charge in [0.25, 0.3) is 0 Å². The van der Waals surface area contributed by atoms with E-state index in [1.807, 2.05) is 23.1 Å². The monoisotopic (exact) mass is 259 g/mol. The summed E-state index contributed by atoms with van der Waals surface area (Å²) in [6.07, 6.45) is 3.95. The highest BCUT2D eigenvalue weighted by atomic mass is 16.5. The maximum absolute atomic E-state index is 12.2. The van der Waals surface area contributed by atoms with Gasteiger partial charge in [-0.25, -0.2) is 0 Å². The highest BCUT2D eigenvalue weighted by Crippen LogP contribution is 2.15. The van der Waals surface area contributed by atoms with Gasteiger partial charge in [0.15, 0.2) is 0 Å². The van der Waals surface area contributed by atoms with Gasteiger partial charge in [-0.3, -0.25) is 4.79 Å². The number of morpholine rings is 1. The van der Waals surface area contributed by atoms with E-state index in [9.17, 15) is 4.79 Å². The molecule has 3 heteroatoms.